The van der Waals surface area contributed by atoms with E-state index in [1.165, 1.54) is 17.8 Å². The molecule has 0 aliphatic heterocycles. The lowest BCUT2D eigenvalue weighted by Gasteiger charge is -2.15. The van der Waals surface area contributed by atoms with Crippen molar-refractivity contribution in [3.8, 4) is 0 Å². The Morgan fingerprint density at radius 3 is 2.61 bits per heavy atom. The van der Waals surface area contributed by atoms with Crippen molar-refractivity contribution in [1.29, 1.82) is 0 Å². The molecule has 0 heterocycles. The van der Waals surface area contributed by atoms with Crippen LogP contribution >= 0.6 is 23.4 Å². The van der Waals surface area contributed by atoms with Gasteiger partial charge in [-0.15, -0.1) is 11.8 Å². The van der Waals surface area contributed by atoms with Gasteiger partial charge in [0, 0.05) is 27.3 Å². The Bertz CT molecular complexity index is 533. The number of nitrogens with two attached hydrogens (primary N) is 1. The van der Waals surface area contributed by atoms with E-state index < -0.39 is 0 Å². The zero-order chi connectivity index (χ0) is 13.0. The van der Waals surface area contributed by atoms with E-state index in [-0.39, 0.29) is 11.1 Å². The summed E-state index contributed by atoms with van der Waals surface area (Å²) in [7, 11) is 0. The molecular formula is C14H13ClFNS. The Labute approximate surface area is 115 Å². The molecule has 1 unspecified atom stereocenters. The minimum Gasteiger partial charge on any atom is -0.329 e. The van der Waals surface area contributed by atoms with E-state index in [2.05, 4.69) is 0 Å². The summed E-state index contributed by atoms with van der Waals surface area (Å²) in [6.45, 7) is 0.373. The van der Waals surface area contributed by atoms with Crippen LogP contribution in [0, 0.1) is 5.82 Å². The Balaban J connectivity index is 2.23. The van der Waals surface area contributed by atoms with Crippen molar-refractivity contribution < 1.29 is 4.39 Å². The minimum atomic E-state index is -0.220. The maximum absolute atomic E-state index is 13.7. The molecule has 4 heteroatoms. The van der Waals surface area contributed by atoms with Gasteiger partial charge >= 0.3 is 0 Å². The van der Waals surface area contributed by atoms with Gasteiger partial charge in [0.05, 0.1) is 0 Å². The van der Waals surface area contributed by atoms with Crippen LogP contribution in [0.15, 0.2) is 53.4 Å². The van der Waals surface area contributed by atoms with Gasteiger partial charge in [0.1, 0.15) is 5.82 Å². The molecule has 2 aromatic rings. The van der Waals surface area contributed by atoms with Crippen LogP contribution in [0.25, 0.3) is 0 Å². The number of thioether (sulfide) groups is 1. The predicted octanol–water partition coefficient (Wildman–Crippen LogP) is 4.27. The lowest BCUT2D eigenvalue weighted by molar-refractivity contribution is 0.608. The quantitative estimate of drug-likeness (QED) is 0.847. The third kappa shape index (κ3) is 3.25. The van der Waals surface area contributed by atoms with Crippen molar-refractivity contribution in [1.82, 2.24) is 0 Å². The van der Waals surface area contributed by atoms with Crippen molar-refractivity contribution >= 4 is 23.4 Å². The van der Waals surface area contributed by atoms with Crippen LogP contribution < -0.4 is 5.73 Å². The first-order valence-corrected chi connectivity index (χ1v) is 6.83. The summed E-state index contributed by atoms with van der Waals surface area (Å²) in [6, 6.07) is 14.2. The van der Waals surface area contributed by atoms with Crippen LogP contribution in [0.1, 0.15) is 10.8 Å². The van der Waals surface area contributed by atoms with Crippen LogP contribution in [0.3, 0.4) is 0 Å². The third-order valence-electron chi connectivity index (χ3n) is 2.54. The molecule has 2 rings (SSSR count). The third-order valence-corrected chi connectivity index (χ3v) is 4.03. The molecule has 0 aliphatic carbocycles. The van der Waals surface area contributed by atoms with Crippen LogP contribution in [-0.2, 0) is 0 Å². The lowest BCUT2D eigenvalue weighted by atomic mass is 10.1. The summed E-state index contributed by atoms with van der Waals surface area (Å²) in [5.74, 6) is -0.220. The Kier molecular flexibility index (Phi) is 4.64. The van der Waals surface area contributed by atoms with Gasteiger partial charge < -0.3 is 5.73 Å². The summed E-state index contributed by atoms with van der Waals surface area (Å²) in [4.78, 5) is 0.987. The summed E-state index contributed by atoms with van der Waals surface area (Å²) >= 11 is 7.45. The summed E-state index contributed by atoms with van der Waals surface area (Å²) < 4.78 is 13.7. The second-order valence-corrected chi connectivity index (χ2v) is 5.53. The largest absolute Gasteiger partial charge is 0.329 e. The van der Waals surface area contributed by atoms with Crippen molar-refractivity contribution in [2.45, 2.75) is 10.1 Å². The second kappa shape index (κ2) is 6.23. The van der Waals surface area contributed by atoms with E-state index in [1.807, 2.05) is 30.3 Å². The maximum Gasteiger partial charge on any atom is 0.127 e. The van der Waals surface area contributed by atoms with Crippen LogP contribution in [0.5, 0.6) is 0 Å². The van der Waals surface area contributed by atoms with E-state index >= 15 is 0 Å². The first-order valence-electron chi connectivity index (χ1n) is 5.57. The molecule has 1 atom stereocenters. The fraction of sp³-hybridized carbons (Fsp3) is 0.143. The summed E-state index contributed by atoms with van der Waals surface area (Å²) in [6.07, 6.45) is 0. The molecule has 0 bridgehead atoms. The molecule has 0 saturated heterocycles. The number of rotatable bonds is 4. The summed E-state index contributed by atoms with van der Waals surface area (Å²) in [5, 5.41) is 0.564. The Morgan fingerprint density at radius 2 is 1.94 bits per heavy atom. The highest BCUT2D eigenvalue weighted by atomic mass is 35.5. The number of benzene rings is 2. The van der Waals surface area contributed by atoms with Crippen molar-refractivity contribution in [2.75, 3.05) is 6.54 Å². The van der Waals surface area contributed by atoms with Gasteiger partial charge in [0.2, 0.25) is 0 Å². The van der Waals surface area contributed by atoms with Crippen molar-refractivity contribution in [2.24, 2.45) is 5.73 Å². The van der Waals surface area contributed by atoms with Crippen molar-refractivity contribution in [3.05, 3.63) is 64.9 Å². The second-order valence-electron chi connectivity index (χ2n) is 3.82. The fourth-order valence-corrected chi connectivity index (χ4v) is 3.03. The molecular weight excluding hydrogens is 269 g/mol. The molecule has 1 nitrogen and oxygen atoms in total. The normalized spacial score (nSPS) is 12.4. The fourth-order valence-electron chi connectivity index (χ4n) is 1.68. The molecule has 2 aromatic carbocycles. The molecule has 0 saturated carbocycles. The minimum absolute atomic E-state index is 0.107. The standard InChI is InChI=1S/C14H13ClFNS/c15-10-4-3-5-11(8-10)18-14(9-17)12-6-1-2-7-13(12)16/h1-8,14H,9,17H2. The molecule has 0 aromatic heterocycles. The topological polar surface area (TPSA) is 26.0 Å². The smallest absolute Gasteiger partial charge is 0.127 e. The zero-order valence-corrected chi connectivity index (χ0v) is 11.2. The first kappa shape index (κ1) is 13.4. The van der Waals surface area contributed by atoms with Gasteiger partial charge in [-0.3, -0.25) is 0 Å². The van der Waals surface area contributed by atoms with E-state index in [4.69, 9.17) is 17.3 Å². The molecule has 2 N–H and O–H groups in total. The van der Waals surface area contributed by atoms with Gasteiger partial charge in [-0.05, 0) is 24.3 Å². The van der Waals surface area contributed by atoms with Crippen molar-refractivity contribution in [3.63, 3.8) is 0 Å². The zero-order valence-electron chi connectivity index (χ0n) is 9.64. The predicted molar refractivity (Wildman–Crippen MR) is 75.5 cm³/mol. The molecule has 18 heavy (non-hydrogen) atoms. The Morgan fingerprint density at radius 1 is 1.17 bits per heavy atom. The van der Waals surface area contributed by atoms with E-state index in [1.54, 1.807) is 12.1 Å². The maximum atomic E-state index is 13.7. The van der Waals surface area contributed by atoms with Crippen LogP contribution in [0.4, 0.5) is 4.39 Å². The Hall–Kier alpha value is -1.03. The molecule has 0 spiro atoms. The highest BCUT2D eigenvalue weighted by Gasteiger charge is 2.15. The van der Waals surface area contributed by atoms with Gasteiger partial charge in [0.15, 0.2) is 0 Å². The van der Waals surface area contributed by atoms with Gasteiger partial charge in [-0.1, -0.05) is 35.9 Å². The number of halogens is 2. The molecule has 0 fully saturated rings. The average molecular weight is 282 g/mol. The first-order chi connectivity index (χ1) is 8.70. The molecule has 0 aliphatic rings. The number of hydrogen-bond acceptors (Lipinski definition) is 2. The summed E-state index contributed by atoms with van der Waals surface area (Å²) in [5.41, 5.74) is 6.37. The molecule has 94 valence electrons. The molecule has 0 amide bonds. The monoisotopic (exact) mass is 281 g/mol. The van der Waals surface area contributed by atoms with Crippen LogP contribution in [-0.4, -0.2) is 6.54 Å². The highest BCUT2D eigenvalue weighted by Crippen LogP contribution is 2.36. The molecule has 0 radical (unpaired) electrons. The van der Waals surface area contributed by atoms with E-state index in [0.29, 0.717) is 17.1 Å². The van der Waals surface area contributed by atoms with E-state index in [9.17, 15) is 4.39 Å². The average Bonchev–Trinajstić information content (AvgIpc) is 2.37. The SMILES string of the molecule is NCC(Sc1cccc(Cl)c1)c1ccccc1F. The van der Waals surface area contributed by atoms with Gasteiger partial charge in [-0.2, -0.15) is 0 Å². The van der Waals surface area contributed by atoms with Gasteiger partial charge in [0.25, 0.3) is 0 Å². The highest BCUT2D eigenvalue weighted by molar-refractivity contribution is 7.99. The lowest BCUT2D eigenvalue weighted by Crippen LogP contribution is -2.10. The van der Waals surface area contributed by atoms with E-state index in [0.717, 1.165) is 4.90 Å². The number of hydrogen-bond donors (Lipinski definition) is 1. The van der Waals surface area contributed by atoms with Gasteiger partial charge in [-0.25, -0.2) is 4.39 Å². The van der Waals surface area contributed by atoms with Crippen LogP contribution in [0.2, 0.25) is 5.02 Å².